The van der Waals surface area contributed by atoms with Crippen LogP contribution in [0.25, 0.3) is 0 Å². The molecule has 0 unspecified atom stereocenters. The van der Waals surface area contributed by atoms with E-state index in [1.54, 1.807) is 5.57 Å². The lowest BCUT2D eigenvalue weighted by atomic mass is 9.87. The maximum absolute atomic E-state index is 10.7. The van der Waals surface area contributed by atoms with Crippen molar-refractivity contribution in [2.45, 2.75) is 103 Å². The molecule has 4 heteroatoms. The molecule has 0 aromatic carbocycles. The number of carbonyl (C=O) groups is 1. The first-order valence-corrected chi connectivity index (χ1v) is 12.1. The van der Waals surface area contributed by atoms with Crippen LogP contribution in [0.15, 0.2) is 35.1 Å². The summed E-state index contributed by atoms with van der Waals surface area (Å²) in [6.45, 7) is 4.43. The highest BCUT2D eigenvalue weighted by atomic mass is 16.4. The number of carboxylic acids is 1. The van der Waals surface area contributed by atoms with E-state index in [-0.39, 0.29) is 12.3 Å². The van der Waals surface area contributed by atoms with E-state index >= 15 is 0 Å². The number of hydrogen-bond donors (Lipinski definition) is 3. The molecule has 0 spiro atoms. The smallest absolute Gasteiger partial charge is 0.303 e. The Morgan fingerprint density at radius 1 is 1.03 bits per heavy atom. The van der Waals surface area contributed by atoms with Gasteiger partial charge in [-0.2, -0.15) is 0 Å². The molecule has 0 bridgehead atoms. The molecule has 4 atom stereocenters. The summed E-state index contributed by atoms with van der Waals surface area (Å²) in [6.07, 6.45) is 18.4. The molecule has 2 rings (SSSR count). The van der Waals surface area contributed by atoms with Crippen LogP contribution < -0.4 is 0 Å². The third-order valence-corrected chi connectivity index (χ3v) is 6.97. The Morgan fingerprint density at radius 3 is 2.40 bits per heavy atom. The van der Waals surface area contributed by atoms with Crippen molar-refractivity contribution >= 4 is 5.97 Å². The fourth-order valence-electron chi connectivity index (χ4n) is 5.22. The van der Waals surface area contributed by atoms with E-state index < -0.39 is 12.1 Å². The second kappa shape index (κ2) is 13.0. The van der Waals surface area contributed by atoms with Crippen LogP contribution in [0.2, 0.25) is 0 Å². The maximum Gasteiger partial charge on any atom is 0.303 e. The van der Waals surface area contributed by atoms with Crippen LogP contribution >= 0.6 is 0 Å². The lowest BCUT2D eigenvalue weighted by Gasteiger charge is -2.21. The van der Waals surface area contributed by atoms with Crippen LogP contribution in [0.4, 0.5) is 0 Å². The monoisotopic (exact) mass is 418 g/mol. The highest BCUT2D eigenvalue weighted by Gasteiger charge is 2.46. The summed E-state index contributed by atoms with van der Waals surface area (Å²) in [5, 5.41) is 29.9. The van der Waals surface area contributed by atoms with Crippen molar-refractivity contribution in [2.75, 3.05) is 0 Å². The summed E-state index contributed by atoms with van der Waals surface area (Å²) in [6, 6.07) is 0. The number of unbranched alkanes of at least 4 members (excludes halogenated alkanes) is 5. The minimum Gasteiger partial charge on any atom is -0.512 e. The molecule has 3 N–H and O–H groups in total. The highest BCUT2D eigenvalue weighted by Crippen LogP contribution is 2.49. The zero-order valence-electron chi connectivity index (χ0n) is 19.0. The molecule has 1 fully saturated rings. The molecule has 0 amide bonds. The summed E-state index contributed by atoms with van der Waals surface area (Å²) in [7, 11) is 0. The van der Waals surface area contributed by atoms with Gasteiger partial charge in [0, 0.05) is 12.3 Å². The maximum atomic E-state index is 10.7. The van der Waals surface area contributed by atoms with Gasteiger partial charge in [0.15, 0.2) is 0 Å². The van der Waals surface area contributed by atoms with Crippen molar-refractivity contribution in [1.82, 2.24) is 0 Å². The number of rotatable bonds is 14. The minimum atomic E-state index is -0.728. The van der Waals surface area contributed by atoms with Crippen LogP contribution in [-0.4, -0.2) is 27.4 Å². The molecule has 0 aliphatic heterocycles. The quantitative estimate of drug-likeness (QED) is 0.166. The summed E-state index contributed by atoms with van der Waals surface area (Å²) >= 11 is 0. The Labute approximate surface area is 182 Å². The van der Waals surface area contributed by atoms with Gasteiger partial charge in [0.2, 0.25) is 0 Å². The Bertz CT molecular complexity index is 625. The second-order valence-corrected chi connectivity index (χ2v) is 9.12. The van der Waals surface area contributed by atoms with Gasteiger partial charge in [0.1, 0.15) is 0 Å². The second-order valence-electron chi connectivity index (χ2n) is 9.12. The van der Waals surface area contributed by atoms with Gasteiger partial charge in [0.05, 0.1) is 11.9 Å². The van der Waals surface area contributed by atoms with Crippen molar-refractivity contribution in [2.24, 2.45) is 17.8 Å². The number of aliphatic hydroxyl groups excluding tert-OH is 2. The summed E-state index contributed by atoms with van der Waals surface area (Å²) in [5.41, 5.74) is 2.93. The number of allylic oxidation sites excluding steroid dienone is 5. The SMILES string of the molecule is CCC(=CCCCCCC=C(O)[C@H]1[C@@H]2CC(CCCCC(=O)O)=C[C@@H]2C[C@@H]1O)CC. The van der Waals surface area contributed by atoms with Gasteiger partial charge in [-0.15, -0.1) is 0 Å². The molecule has 0 aromatic rings. The van der Waals surface area contributed by atoms with Crippen molar-refractivity contribution in [1.29, 1.82) is 0 Å². The standard InChI is InChI=1S/C26H42O4/c1-3-19(4-2)12-8-6-5-7-9-14-23(27)26-22-17-20(13-10-11-15-25(29)30)16-21(22)18-24(26)28/h12,14,16,21-22,24,26-28H,3-11,13,15,17-18H2,1-2H3,(H,29,30)/t21-,22-,24+,26-/m1/s1. The van der Waals surface area contributed by atoms with Gasteiger partial charge in [-0.25, -0.2) is 0 Å². The lowest BCUT2D eigenvalue weighted by molar-refractivity contribution is -0.137. The van der Waals surface area contributed by atoms with Crippen molar-refractivity contribution in [3.63, 3.8) is 0 Å². The van der Waals surface area contributed by atoms with Crippen LogP contribution in [0, 0.1) is 17.8 Å². The van der Waals surface area contributed by atoms with E-state index in [0.29, 0.717) is 24.0 Å². The number of aliphatic hydroxyl groups is 2. The minimum absolute atomic E-state index is 0.137. The van der Waals surface area contributed by atoms with Gasteiger partial charge in [0.25, 0.3) is 0 Å². The average Bonchev–Trinajstić information content (AvgIpc) is 3.23. The van der Waals surface area contributed by atoms with E-state index in [2.05, 4.69) is 26.0 Å². The van der Waals surface area contributed by atoms with Crippen LogP contribution in [0.3, 0.4) is 0 Å². The molecule has 2 aliphatic rings. The lowest BCUT2D eigenvalue weighted by Crippen LogP contribution is -2.21. The zero-order valence-corrected chi connectivity index (χ0v) is 19.0. The van der Waals surface area contributed by atoms with Crippen molar-refractivity contribution < 1.29 is 20.1 Å². The first kappa shape index (κ1) is 24.7. The fourth-order valence-corrected chi connectivity index (χ4v) is 5.22. The van der Waals surface area contributed by atoms with Crippen LogP contribution in [0.1, 0.15) is 97.3 Å². The molecular weight excluding hydrogens is 376 g/mol. The van der Waals surface area contributed by atoms with E-state index in [0.717, 1.165) is 57.8 Å². The van der Waals surface area contributed by atoms with Gasteiger partial charge in [-0.1, -0.05) is 43.6 Å². The van der Waals surface area contributed by atoms with Gasteiger partial charge >= 0.3 is 5.97 Å². The van der Waals surface area contributed by atoms with Gasteiger partial charge < -0.3 is 15.3 Å². The molecule has 0 heterocycles. The third kappa shape index (κ3) is 7.61. The predicted octanol–water partition coefficient (Wildman–Crippen LogP) is 6.71. The average molecular weight is 419 g/mol. The molecule has 4 nitrogen and oxygen atoms in total. The topological polar surface area (TPSA) is 77.8 Å². The molecule has 0 saturated heterocycles. The number of aliphatic carboxylic acids is 1. The number of carboxylic acid groups (broad SMARTS) is 1. The van der Waals surface area contributed by atoms with Crippen LogP contribution in [-0.2, 0) is 4.79 Å². The third-order valence-electron chi connectivity index (χ3n) is 6.97. The molecule has 0 radical (unpaired) electrons. The first-order chi connectivity index (χ1) is 14.5. The van der Waals surface area contributed by atoms with E-state index in [4.69, 9.17) is 5.11 Å². The predicted molar refractivity (Wildman–Crippen MR) is 122 cm³/mol. The van der Waals surface area contributed by atoms with Crippen LogP contribution in [0.5, 0.6) is 0 Å². The molecule has 1 saturated carbocycles. The normalized spacial score (nSPS) is 25.8. The van der Waals surface area contributed by atoms with Crippen molar-refractivity contribution in [3.05, 3.63) is 35.1 Å². The van der Waals surface area contributed by atoms with Gasteiger partial charge in [-0.05, 0) is 88.5 Å². The largest absolute Gasteiger partial charge is 0.512 e. The summed E-state index contributed by atoms with van der Waals surface area (Å²) < 4.78 is 0. The molecule has 170 valence electrons. The summed E-state index contributed by atoms with van der Waals surface area (Å²) in [5.74, 6) is 0.177. The molecule has 2 aliphatic carbocycles. The Kier molecular flexibility index (Phi) is 10.7. The highest BCUT2D eigenvalue weighted by molar-refractivity contribution is 5.66. The Hall–Kier alpha value is -1.55. The summed E-state index contributed by atoms with van der Waals surface area (Å²) in [4.78, 5) is 10.6. The fraction of sp³-hybridized carbons (Fsp3) is 0.731. The molecular formula is C26H42O4. The van der Waals surface area contributed by atoms with E-state index in [9.17, 15) is 15.0 Å². The van der Waals surface area contributed by atoms with Crippen molar-refractivity contribution in [3.8, 4) is 0 Å². The molecule has 0 aromatic heterocycles. The van der Waals surface area contributed by atoms with Gasteiger partial charge in [-0.3, -0.25) is 4.79 Å². The van der Waals surface area contributed by atoms with E-state index in [1.807, 2.05) is 6.08 Å². The first-order valence-electron chi connectivity index (χ1n) is 12.1. The Morgan fingerprint density at radius 2 is 1.73 bits per heavy atom. The number of fused-ring (bicyclic) bond motifs is 1. The van der Waals surface area contributed by atoms with E-state index in [1.165, 1.54) is 18.4 Å². The number of hydrogen-bond acceptors (Lipinski definition) is 3. The molecule has 30 heavy (non-hydrogen) atoms. The Balaban J connectivity index is 1.72. The zero-order chi connectivity index (χ0) is 21.9.